The first-order valence-electron chi connectivity index (χ1n) is 6.88. The Kier molecular flexibility index (Phi) is 5.55. The van der Waals surface area contributed by atoms with Gasteiger partial charge in [0.05, 0.1) is 5.92 Å². The van der Waals surface area contributed by atoms with E-state index in [2.05, 4.69) is 26.0 Å². The second-order valence-corrected chi connectivity index (χ2v) is 5.92. The maximum Gasteiger partial charge on any atom is 0.253 e. The van der Waals surface area contributed by atoms with E-state index in [9.17, 15) is 10.0 Å². The van der Waals surface area contributed by atoms with Gasteiger partial charge in [-0.25, -0.2) is 5.06 Å². The van der Waals surface area contributed by atoms with E-state index in [4.69, 9.17) is 0 Å². The molecule has 0 aromatic heterocycles. The standard InChI is InChI=1S/C16H25NO2/c1-11(2)10-13-6-8-14(9-7-13)15(12(3)4)16(18)17(5)19/h6-9,11-12,15,19H,10H2,1-5H3/t15-/m1/s1. The monoisotopic (exact) mass is 263 g/mol. The number of nitrogens with zero attached hydrogens (tertiary/aromatic N) is 1. The number of benzene rings is 1. The third kappa shape index (κ3) is 4.35. The predicted octanol–water partition coefficient (Wildman–Crippen LogP) is 3.47. The van der Waals surface area contributed by atoms with Crippen LogP contribution in [-0.2, 0) is 11.2 Å². The van der Waals surface area contributed by atoms with Crippen LogP contribution in [0.1, 0.15) is 44.7 Å². The van der Waals surface area contributed by atoms with E-state index >= 15 is 0 Å². The molecular weight excluding hydrogens is 238 g/mol. The van der Waals surface area contributed by atoms with E-state index in [0.29, 0.717) is 11.0 Å². The molecule has 1 atom stereocenters. The molecule has 1 amide bonds. The lowest BCUT2D eigenvalue weighted by molar-refractivity contribution is -0.162. The van der Waals surface area contributed by atoms with Crippen LogP contribution in [0, 0.1) is 11.8 Å². The lowest BCUT2D eigenvalue weighted by atomic mass is 9.86. The van der Waals surface area contributed by atoms with Crippen LogP contribution in [0.4, 0.5) is 0 Å². The second kappa shape index (κ2) is 6.71. The molecule has 0 radical (unpaired) electrons. The van der Waals surface area contributed by atoms with Gasteiger partial charge >= 0.3 is 0 Å². The third-order valence-corrected chi connectivity index (χ3v) is 3.23. The molecule has 3 nitrogen and oxygen atoms in total. The summed E-state index contributed by atoms with van der Waals surface area (Å²) in [6.07, 6.45) is 1.04. The number of likely N-dealkylation sites (N-methyl/N-ethyl adjacent to an activating group) is 1. The van der Waals surface area contributed by atoms with Crippen molar-refractivity contribution >= 4 is 5.91 Å². The van der Waals surface area contributed by atoms with Crippen molar-refractivity contribution in [3.63, 3.8) is 0 Å². The van der Waals surface area contributed by atoms with E-state index in [1.807, 2.05) is 26.0 Å². The fourth-order valence-corrected chi connectivity index (χ4v) is 2.35. The SMILES string of the molecule is CC(C)Cc1ccc([C@H](C(=O)N(C)O)C(C)C)cc1. The van der Waals surface area contributed by atoms with Gasteiger partial charge in [-0.2, -0.15) is 0 Å². The average Bonchev–Trinajstić information content (AvgIpc) is 2.30. The molecule has 0 aliphatic heterocycles. The predicted molar refractivity (Wildman–Crippen MR) is 77.1 cm³/mol. The number of hydrogen-bond donors (Lipinski definition) is 1. The molecule has 0 spiro atoms. The molecule has 0 aliphatic rings. The van der Waals surface area contributed by atoms with Crippen molar-refractivity contribution in [1.29, 1.82) is 0 Å². The van der Waals surface area contributed by atoms with Crippen molar-refractivity contribution in [2.24, 2.45) is 11.8 Å². The second-order valence-electron chi connectivity index (χ2n) is 5.92. The fourth-order valence-electron chi connectivity index (χ4n) is 2.35. The highest BCUT2D eigenvalue weighted by atomic mass is 16.5. The Balaban J connectivity index is 2.95. The van der Waals surface area contributed by atoms with Gasteiger partial charge in [-0.05, 0) is 29.4 Å². The number of hydrogen-bond acceptors (Lipinski definition) is 2. The van der Waals surface area contributed by atoms with Crippen LogP contribution in [0.25, 0.3) is 0 Å². The summed E-state index contributed by atoms with van der Waals surface area (Å²) in [5.41, 5.74) is 2.25. The lowest BCUT2D eigenvalue weighted by Gasteiger charge is -2.23. The summed E-state index contributed by atoms with van der Waals surface area (Å²) in [5.74, 6) is 0.227. The van der Waals surface area contributed by atoms with Crippen molar-refractivity contribution in [3.05, 3.63) is 35.4 Å². The maximum atomic E-state index is 12.0. The molecule has 0 saturated carbocycles. The summed E-state index contributed by atoms with van der Waals surface area (Å²) in [5, 5.41) is 10.0. The van der Waals surface area contributed by atoms with Crippen molar-refractivity contribution < 1.29 is 10.0 Å². The Labute approximate surface area is 116 Å². The highest BCUT2D eigenvalue weighted by Gasteiger charge is 2.26. The minimum Gasteiger partial charge on any atom is -0.286 e. The molecular formula is C16H25NO2. The van der Waals surface area contributed by atoms with Gasteiger partial charge < -0.3 is 0 Å². The number of rotatable bonds is 5. The molecule has 0 fully saturated rings. The molecule has 0 unspecified atom stereocenters. The minimum absolute atomic E-state index is 0.151. The number of carbonyl (C=O) groups excluding carboxylic acids is 1. The summed E-state index contributed by atoms with van der Waals surface area (Å²) in [4.78, 5) is 12.0. The van der Waals surface area contributed by atoms with E-state index < -0.39 is 0 Å². The Morgan fingerprint density at radius 1 is 1.16 bits per heavy atom. The van der Waals surface area contributed by atoms with Gasteiger partial charge in [0.15, 0.2) is 0 Å². The molecule has 3 heteroatoms. The van der Waals surface area contributed by atoms with Crippen LogP contribution in [0.2, 0.25) is 0 Å². The van der Waals surface area contributed by atoms with Gasteiger partial charge in [0.1, 0.15) is 0 Å². The van der Waals surface area contributed by atoms with Gasteiger partial charge in [0.2, 0.25) is 0 Å². The summed E-state index contributed by atoms with van der Waals surface area (Å²) in [6, 6.07) is 8.16. The van der Waals surface area contributed by atoms with Crippen LogP contribution >= 0.6 is 0 Å². The Morgan fingerprint density at radius 3 is 2.05 bits per heavy atom. The number of hydroxylamine groups is 2. The fraction of sp³-hybridized carbons (Fsp3) is 0.562. The highest BCUT2D eigenvalue weighted by Crippen LogP contribution is 2.26. The third-order valence-electron chi connectivity index (χ3n) is 3.23. The first-order chi connectivity index (χ1) is 8.82. The maximum absolute atomic E-state index is 12.0. The van der Waals surface area contributed by atoms with Crippen LogP contribution in [0.3, 0.4) is 0 Å². The quantitative estimate of drug-likeness (QED) is 0.652. The van der Waals surface area contributed by atoms with Crippen LogP contribution < -0.4 is 0 Å². The van der Waals surface area contributed by atoms with E-state index in [0.717, 1.165) is 12.0 Å². The molecule has 1 rings (SSSR count). The van der Waals surface area contributed by atoms with Gasteiger partial charge in [-0.1, -0.05) is 52.0 Å². The first kappa shape index (κ1) is 15.7. The molecule has 106 valence electrons. The van der Waals surface area contributed by atoms with Crippen molar-refractivity contribution in [2.45, 2.75) is 40.0 Å². The molecule has 0 bridgehead atoms. The normalized spacial score (nSPS) is 12.8. The van der Waals surface area contributed by atoms with Gasteiger partial charge in [-0.3, -0.25) is 10.0 Å². The summed E-state index contributed by atoms with van der Waals surface area (Å²) in [7, 11) is 1.38. The zero-order chi connectivity index (χ0) is 14.6. The molecule has 1 N–H and O–H groups in total. The average molecular weight is 263 g/mol. The lowest BCUT2D eigenvalue weighted by Crippen LogP contribution is -2.31. The van der Waals surface area contributed by atoms with Gasteiger partial charge in [-0.15, -0.1) is 0 Å². The van der Waals surface area contributed by atoms with Crippen molar-refractivity contribution in [2.75, 3.05) is 7.05 Å². The summed E-state index contributed by atoms with van der Waals surface area (Å²) >= 11 is 0. The molecule has 1 aromatic carbocycles. The zero-order valence-electron chi connectivity index (χ0n) is 12.6. The smallest absolute Gasteiger partial charge is 0.253 e. The zero-order valence-corrected chi connectivity index (χ0v) is 12.6. The minimum atomic E-state index is -0.289. The molecule has 0 heterocycles. The molecule has 1 aromatic rings. The Bertz CT molecular complexity index is 407. The largest absolute Gasteiger partial charge is 0.286 e. The summed E-state index contributed by atoms with van der Waals surface area (Å²) < 4.78 is 0. The molecule has 19 heavy (non-hydrogen) atoms. The molecule has 0 aliphatic carbocycles. The van der Waals surface area contributed by atoms with Crippen LogP contribution in [0.5, 0.6) is 0 Å². The van der Waals surface area contributed by atoms with E-state index in [-0.39, 0.29) is 17.7 Å². The highest BCUT2D eigenvalue weighted by molar-refractivity contribution is 5.82. The van der Waals surface area contributed by atoms with E-state index in [1.54, 1.807) is 0 Å². The van der Waals surface area contributed by atoms with Crippen LogP contribution in [0.15, 0.2) is 24.3 Å². The van der Waals surface area contributed by atoms with Crippen molar-refractivity contribution in [3.8, 4) is 0 Å². The number of amides is 1. The van der Waals surface area contributed by atoms with Gasteiger partial charge in [0, 0.05) is 7.05 Å². The van der Waals surface area contributed by atoms with Gasteiger partial charge in [0.25, 0.3) is 5.91 Å². The van der Waals surface area contributed by atoms with E-state index in [1.165, 1.54) is 12.6 Å². The topological polar surface area (TPSA) is 40.5 Å². The Morgan fingerprint density at radius 2 is 1.68 bits per heavy atom. The van der Waals surface area contributed by atoms with Crippen LogP contribution in [-0.4, -0.2) is 23.2 Å². The molecule has 0 saturated heterocycles. The Hall–Kier alpha value is -1.35. The van der Waals surface area contributed by atoms with Crippen molar-refractivity contribution in [1.82, 2.24) is 5.06 Å². The number of carbonyl (C=O) groups is 1. The summed E-state index contributed by atoms with van der Waals surface area (Å²) in [6.45, 7) is 8.37. The first-order valence-corrected chi connectivity index (χ1v) is 6.88.